The number of nitrogens with zero attached hydrogens (tertiary/aromatic N) is 1. The van der Waals surface area contributed by atoms with Crippen molar-refractivity contribution in [2.75, 3.05) is 0 Å². The van der Waals surface area contributed by atoms with E-state index < -0.39 is 13.2 Å². The zero-order valence-corrected chi connectivity index (χ0v) is 21.5. The van der Waals surface area contributed by atoms with Gasteiger partial charge in [-0.2, -0.15) is 0 Å². The van der Waals surface area contributed by atoms with Crippen LogP contribution in [0.1, 0.15) is 99.6 Å². The Morgan fingerprint density at radius 1 is 1.00 bits per heavy atom. The van der Waals surface area contributed by atoms with Crippen molar-refractivity contribution >= 4 is 18.7 Å². The lowest BCUT2D eigenvalue weighted by atomic mass is 9.73. The predicted octanol–water partition coefficient (Wildman–Crippen LogP) is 6.02. The molecule has 5 nitrogen and oxygen atoms in total. The molecule has 0 bridgehead atoms. The highest BCUT2D eigenvalue weighted by molar-refractivity contribution is 6.62. The van der Waals surface area contributed by atoms with Gasteiger partial charge in [0, 0.05) is 6.04 Å². The van der Waals surface area contributed by atoms with Crippen LogP contribution in [0.4, 0.5) is 4.79 Å². The van der Waals surface area contributed by atoms with Crippen molar-refractivity contribution in [3.63, 3.8) is 0 Å². The summed E-state index contributed by atoms with van der Waals surface area (Å²) in [4.78, 5) is 14.3. The number of carboxylic acid groups (broad SMARTS) is 1. The van der Waals surface area contributed by atoms with E-state index in [1.807, 2.05) is 39.8 Å². The summed E-state index contributed by atoms with van der Waals surface area (Å²) in [6.45, 7) is 19.1. The van der Waals surface area contributed by atoms with Crippen LogP contribution in [0.3, 0.4) is 0 Å². The molecule has 0 radical (unpaired) electrons. The van der Waals surface area contributed by atoms with Gasteiger partial charge in [-0.15, -0.1) is 0 Å². The van der Waals surface area contributed by atoms with Crippen molar-refractivity contribution in [3.8, 4) is 0 Å². The van der Waals surface area contributed by atoms with Crippen LogP contribution in [0, 0.1) is 10.8 Å². The Kier molecular flexibility index (Phi) is 6.56. The van der Waals surface area contributed by atoms with Crippen molar-refractivity contribution < 1.29 is 19.2 Å². The second-order valence-corrected chi connectivity index (χ2v) is 12.6. The van der Waals surface area contributed by atoms with E-state index in [4.69, 9.17) is 9.31 Å². The third kappa shape index (κ3) is 5.01. The SMILES string of the molecule is CC1(C)CCC(N(C(=O)O)C(c2ccc(B3OC(C)(C)C(C)(C)O3)cc2)C(C)(C)C)CC1. The lowest BCUT2D eigenvalue weighted by Gasteiger charge is -2.46. The van der Waals surface area contributed by atoms with Gasteiger partial charge in [-0.1, -0.05) is 58.9 Å². The Morgan fingerprint density at radius 3 is 1.88 bits per heavy atom. The highest BCUT2D eigenvalue weighted by Crippen LogP contribution is 2.44. The summed E-state index contributed by atoms with van der Waals surface area (Å²) in [7, 11) is -0.418. The molecule has 178 valence electrons. The predicted molar refractivity (Wildman–Crippen MR) is 130 cm³/mol. The van der Waals surface area contributed by atoms with Crippen molar-refractivity contribution in [1.82, 2.24) is 4.90 Å². The Balaban J connectivity index is 1.88. The summed E-state index contributed by atoms with van der Waals surface area (Å²) in [6.07, 6.45) is 3.11. The summed E-state index contributed by atoms with van der Waals surface area (Å²) in [5.74, 6) is 0. The van der Waals surface area contributed by atoms with Gasteiger partial charge in [-0.3, -0.25) is 4.90 Å². The van der Waals surface area contributed by atoms with Crippen molar-refractivity contribution in [2.24, 2.45) is 10.8 Å². The molecule has 1 saturated heterocycles. The molecule has 6 heteroatoms. The molecule has 0 spiro atoms. The molecule has 1 aliphatic carbocycles. The van der Waals surface area contributed by atoms with E-state index in [-0.39, 0.29) is 28.7 Å². The van der Waals surface area contributed by atoms with E-state index in [1.54, 1.807) is 4.90 Å². The van der Waals surface area contributed by atoms with Crippen LogP contribution < -0.4 is 5.46 Å². The number of carbonyl (C=O) groups is 1. The fourth-order valence-corrected chi connectivity index (χ4v) is 5.03. The van der Waals surface area contributed by atoms with Gasteiger partial charge in [-0.05, 0) is 75.2 Å². The molecule has 1 atom stereocenters. The van der Waals surface area contributed by atoms with Gasteiger partial charge >= 0.3 is 13.2 Å². The van der Waals surface area contributed by atoms with E-state index in [2.05, 4.69) is 46.8 Å². The largest absolute Gasteiger partial charge is 0.494 e. The zero-order valence-electron chi connectivity index (χ0n) is 21.5. The Bertz CT molecular complexity index is 799. The Hall–Kier alpha value is -1.53. The highest BCUT2D eigenvalue weighted by Gasteiger charge is 2.51. The summed E-state index contributed by atoms with van der Waals surface area (Å²) in [5, 5.41) is 10.3. The second kappa shape index (κ2) is 8.36. The van der Waals surface area contributed by atoms with Crippen molar-refractivity contribution in [1.29, 1.82) is 0 Å². The van der Waals surface area contributed by atoms with E-state index in [0.717, 1.165) is 36.7 Å². The average Bonchev–Trinajstić information content (AvgIpc) is 2.86. The summed E-state index contributed by atoms with van der Waals surface area (Å²) in [6, 6.07) is 7.99. The molecule has 1 saturated carbocycles. The minimum Gasteiger partial charge on any atom is -0.465 e. The maximum absolute atomic E-state index is 12.5. The van der Waals surface area contributed by atoms with Crippen molar-refractivity contribution in [3.05, 3.63) is 29.8 Å². The van der Waals surface area contributed by atoms with E-state index in [1.165, 1.54) is 0 Å². The van der Waals surface area contributed by atoms with Gasteiger partial charge in [0.2, 0.25) is 0 Å². The number of amides is 1. The van der Waals surface area contributed by atoms with Crippen LogP contribution in [0.5, 0.6) is 0 Å². The summed E-state index contributed by atoms with van der Waals surface area (Å²) in [5.41, 5.74) is 1.25. The maximum Gasteiger partial charge on any atom is 0.494 e. The lowest BCUT2D eigenvalue weighted by molar-refractivity contribution is 0.00578. The molecular formula is C26H42BNO4. The average molecular weight is 443 g/mol. The molecule has 1 aromatic carbocycles. The quantitative estimate of drug-likeness (QED) is 0.578. The molecule has 0 aromatic heterocycles. The highest BCUT2D eigenvalue weighted by atomic mass is 16.7. The third-order valence-corrected chi connectivity index (χ3v) is 7.80. The molecule has 2 aliphatic rings. The molecule has 1 heterocycles. The monoisotopic (exact) mass is 443 g/mol. The minimum atomic E-state index is -0.829. The number of hydrogen-bond donors (Lipinski definition) is 1. The fourth-order valence-electron chi connectivity index (χ4n) is 5.03. The van der Waals surface area contributed by atoms with Gasteiger partial charge in [0.1, 0.15) is 0 Å². The molecular weight excluding hydrogens is 401 g/mol. The van der Waals surface area contributed by atoms with E-state index in [9.17, 15) is 9.90 Å². The molecule has 1 aliphatic heterocycles. The van der Waals surface area contributed by atoms with Gasteiger partial charge in [0.25, 0.3) is 0 Å². The molecule has 1 unspecified atom stereocenters. The Morgan fingerprint density at radius 2 is 1.47 bits per heavy atom. The molecule has 2 fully saturated rings. The first-order valence-electron chi connectivity index (χ1n) is 12.0. The number of benzene rings is 1. The minimum absolute atomic E-state index is 0.0486. The number of rotatable bonds is 4. The van der Waals surface area contributed by atoms with E-state index in [0.29, 0.717) is 5.41 Å². The normalized spacial score (nSPS) is 23.7. The van der Waals surface area contributed by atoms with Crippen LogP contribution in [-0.2, 0) is 9.31 Å². The van der Waals surface area contributed by atoms with Gasteiger partial charge in [0.15, 0.2) is 0 Å². The fraction of sp³-hybridized carbons (Fsp3) is 0.731. The lowest BCUT2D eigenvalue weighted by Crippen LogP contribution is -2.48. The second-order valence-electron chi connectivity index (χ2n) is 12.6. The first-order valence-corrected chi connectivity index (χ1v) is 12.0. The zero-order chi connectivity index (χ0) is 24.1. The van der Waals surface area contributed by atoms with Crippen LogP contribution in [0.15, 0.2) is 24.3 Å². The first kappa shape index (κ1) is 25.1. The van der Waals surface area contributed by atoms with Crippen LogP contribution in [0.2, 0.25) is 0 Å². The van der Waals surface area contributed by atoms with Crippen LogP contribution >= 0.6 is 0 Å². The summed E-state index contributed by atoms with van der Waals surface area (Å²) >= 11 is 0. The van der Waals surface area contributed by atoms with E-state index >= 15 is 0 Å². The standard InChI is InChI=1S/C26H42BNO4/c1-23(2,3)21(28(22(29)30)20-14-16-24(4,5)17-15-20)18-10-12-19(13-11-18)27-31-25(6,7)26(8,9)32-27/h10-13,20-21H,14-17H2,1-9H3,(H,29,30). The molecule has 1 amide bonds. The maximum atomic E-state index is 12.5. The third-order valence-electron chi connectivity index (χ3n) is 7.80. The van der Waals surface area contributed by atoms with Crippen LogP contribution in [0.25, 0.3) is 0 Å². The molecule has 1 aromatic rings. The molecule has 3 rings (SSSR count). The first-order chi connectivity index (χ1) is 14.5. The number of hydrogen-bond acceptors (Lipinski definition) is 3. The van der Waals surface area contributed by atoms with Gasteiger partial charge in [-0.25, -0.2) is 4.79 Å². The summed E-state index contributed by atoms with van der Waals surface area (Å²) < 4.78 is 12.4. The van der Waals surface area contributed by atoms with Crippen molar-refractivity contribution in [2.45, 2.75) is 111 Å². The topological polar surface area (TPSA) is 59.0 Å². The van der Waals surface area contributed by atoms with Crippen LogP contribution in [-0.4, -0.2) is 40.5 Å². The molecule has 32 heavy (non-hydrogen) atoms. The Labute approximate surface area is 195 Å². The van der Waals surface area contributed by atoms with Gasteiger partial charge in [0.05, 0.1) is 17.2 Å². The smallest absolute Gasteiger partial charge is 0.465 e. The van der Waals surface area contributed by atoms with Gasteiger partial charge < -0.3 is 14.4 Å². The molecule has 1 N–H and O–H groups in total.